The molecule has 0 saturated carbocycles. The van der Waals surface area contributed by atoms with Crippen molar-refractivity contribution in [3.8, 4) is 16.9 Å². The van der Waals surface area contributed by atoms with E-state index in [1.165, 1.54) is 12.1 Å². The smallest absolute Gasteiger partial charge is 0.164 e. The van der Waals surface area contributed by atoms with Crippen molar-refractivity contribution in [1.29, 1.82) is 0 Å². The molecule has 0 radical (unpaired) electrons. The minimum atomic E-state index is 0.448. The summed E-state index contributed by atoms with van der Waals surface area (Å²) in [6.07, 6.45) is 9.33. The number of ether oxygens (including phenoxy) is 1. The molecule has 33 heavy (non-hydrogen) atoms. The molecule has 3 aliphatic rings. The third-order valence-corrected chi connectivity index (χ3v) is 7.35. The highest BCUT2D eigenvalue weighted by atomic mass is 16.5. The molecule has 8 nitrogen and oxygen atoms in total. The third kappa shape index (κ3) is 3.87. The van der Waals surface area contributed by atoms with Crippen LogP contribution < -0.4 is 15.4 Å². The Morgan fingerprint density at radius 1 is 1.18 bits per heavy atom. The SMILES string of the molecule is Cc1nc(C2CCN([C@H]3CCNC3)CC2)cc2c1OCc1c(-c3cnn(C)c3)ccnc1N2. The first-order valence-electron chi connectivity index (χ1n) is 12.0. The number of nitrogens with one attached hydrogen (secondary N) is 2. The van der Waals surface area contributed by atoms with Gasteiger partial charge < -0.3 is 15.4 Å². The summed E-state index contributed by atoms with van der Waals surface area (Å²) in [4.78, 5) is 12.3. The normalized spacial score (nSPS) is 21.1. The van der Waals surface area contributed by atoms with Gasteiger partial charge in [0.1, 0.15) is 12.4 Å². The van der Waals surface area contributed by atoms with E-state index in [1.807, 2.05) is 36.4 Å². The van der Waals surface area contributed by atoms with Gasteiger partial charge in [0.05, 0.1) is 17.6 Å². The Morgan fingerprint density at radius 3 is 2.82 bits per heavy atom. The van der Waals surface area contributed by atoms with E-state index in [0.29, 0.717) is 18.6 Å². The molecule has 2 saturated heterocycles. The highest BCUT2D eigenvalue weighted by molar-refractivity contribution is 5.76. The summed E-state index contributed by atoms with van der Waals surface area (Å²) in [6.45, 7) is 7.09. The second-order valence-electron chi connectivity index (χ2n) is 9.47. The van der Waals surface area contributed by atoms with Crippen molar-refractivity contribution >= 4 is 11.5 Å². The number of aryl methyl sites for hydroxylation is 2. The Hall–Kier alpha value is -2.97. The van der Waals surface area contributed by atoms with Crippen molar-refractivity contribution in [2.75, 3.05) is 31.5 Å². The van der Waals surface area contributed by atoms with E-state index in [9.17, 15) is 0 Å². The second-order valence-corrected chi connectivity index (χ2v) is 9.47. The van der Waals surface area contributed by atoms with E-state index in [1.54, 1.807) is 0 Å². The molecule has 3 aromatic rings. The third-order valence-electron chi connectivity index (χ3n) is 7.35. The average molecular weight is 446 g/mol. The lowest BCUT2D eigenvalue weighted by molar-refractivity contribution is 0.160. The first-order chi connectivity index (χ1) is 16.2. The van der Waals surface area contributed by atoms with Gasteiger partial charge in [-0.25, -0.2) is 4.98 Å². The number of piperidine rings is 1. The molecule has 0 bridgehead atoms. The number of aromatic nitrogens is 4. The van der Waals surface area contributed by atoms with Gasteiger partial charge in [0.15, 0.2) is 5.75 Å². The topological polar surface area (TPSA) is 80.1 Å². The molecule has 3 aromatic heterocycles. The van der Waals surface area contributed by atoms with Crippen LogP contribution in [0.3, 0.4) is 0 Å². The van der Waals surface area contributed by atoms with Gasteiger partial charge in [-0.1, -0.05) is 0 Å². The number of rotatable bonds is 3. The van der Waals surface area contributed by atoms with Crippen LogP contribution >= 0.6 is 0 Å². The number of fused-ring (bicyclic) bond motifs is 2. The molecule has 0 aliphatic carbocycles. The Balaban J connectivity index is 1.26. The van der Waals surface area contributed by atoms with Crippen LogP contribution in [-0.2, 0) is 13.7 Å². The summed E-state index contributed by atoms with van der Waals surface area (Å²) in [5.74, 6) is 2.15. The van der Waals surface area contributed by atoms with Gasteiger partial charge in [0, 0.05) is 54.8 Å². The van der Waals surface area contributed by atoms with Crippen molar-refractivity contribution < 1.29 is 4.74 Å². The van der Waals surface area contributed by atoms with E-state index in [0.717, 1.165) is 78.7 Å². The zero-order valence-electron chi connectivity index (χ0n) is 19.3. The highest BCUT2D eigenvalue weighted by Gasteiger charge is 2.29. The van der Waals surface area contributed by atoms with Crippen molar-refractivity contribution in [2.45, 2.75) is 44.8 Å². The van der Waals surface area contributed by atoms with Crippen LogP contribution in [0.4, 0.5) is 11.5 Å². The molecule has 0 amide bonds. The fraction of sp³-hybridized carbons (Fsp3) is 0.480. The Labute approximate surface area is 194 Å². The summed E-state index contributed by atoms with van der Waals surface area (Å²) in [7, 11) is 1.93. The number of nitrogens with zero attached hydrogens (tertiary/aromatic N) is 5. The molecular weight excluding hydrogens is 414 g/mol. The van der Waals surface area contributed by atoms with E-state index >= 15 is 0 Å². The number of likely N-dealkylation sites (tertiary alicyclic amines) is 1. The number of hydrogen-bond donors (Lipinski definition) is 2. The predicted molar refractivity (Wildman–Crippen MR) is 128 cm³/mol. The molecule has 0 unspecified atom stereocenters. The standard InChI is InChI=1S/C25H31N7O/c1-16-24-23(11-22(29-16)17-5-9-32(10-6-17)19-3-7-26-13-19)30-25-21(15-33-24)20(4-8-27-25)18-12-28-31(2)14-18/h4,8,11-12,14,17,19,26H,3,5-7,9-10,13,15H2,1-2H3,(H,27,30)/t19-/m0/s1. The van der Waals surface area contributed by atoms with Crippen LogP contribution in [-0.4, -0.2) is 56.9 Å². The monoisotopic (exact) mass is 445 g/mol. The Bertz CT molecular complexity index is 1160. The highest BCUT2D eigenvalue weighted by Crippen LogP contribution is 2.40. The van der Waals surface area contributed by atoms with Gasteiger partial charge in [-0.2, -0.15) is 5.10 Å². The minimum Gasteiger partial charge on any atom is -0.485 e. The summed E-state index contributed by atoms with van der Waals surface area (Å²) >= 11 is 0. The lowest BCUT2D eigenvalue weighted by Crippen LogP contribution is -2.42. The van der Waals surface area contributed by atoms with Gasteiger partial charge in [0.25, 0.3) is 0 Å². The van der Waals surface area contributed by atoms with Crippen molar-refractivity contribution in [3.63, 3.8) is 0 Å². The summed E-state index contributed by atoms with van der Waals surface area (Å²) < 4.78 is 8.11. The fourth-order valence-corrected chi connectivity index (χ4v) is 5.53. The zero-order valence-corrected chi connectivity index (χ0v) is 19.3. The van der Waals surface area contributed by atoms with Crippen molar-refractivity contribution in [1.82, 2.24) is 30.0 Å². The molecule has 0 aromatic carbocycles. The molecule has 2 N–H and O–H groups in total. The van der Waals surface area contributed by atoms with Crippen LogP contribution in [0.2, 0.25) is 0 Å². The maximum atomic E-state index is 6.29. The van der Waals surface area contributed by atoms with E-state index in [4.69, 9.17) is 9.72 Å². The average Bonchev–Trinajstić information content (AvgIpc) is 3.47. The van der Waals surface area contributed by atoms with Gasteiger partial charge in [-0.15, -0.1) is 0 Å². The molecule has 6 rings (SSSR count). The molecule has 1 atom stereocenters. The molecular formula is C25H31N7O. The Morgan fingerprint density at radius 2 is 2.06 bits per heavy atom. The van der Waals surface area contributed by atoms with Gasteiger partial charge in [-0.3, -0.25) is 14.6 Å². The number of pyridine rings is 2. The Kier molecular flexibility index (Phi) is 5.27. The maximum Gasteiger partial charge on any atom is 0.164 e. The van der Waals surface area contributed by atoms with Gasteiger partial charge in [0.2, 0.25) is 0 Å². The molecule has 2 fully saturated rings. The van der Waals surface area contributed by atoms with E-state index in [-0.39, 0.29) is 0 Å². The van der Waals surface area contributed by atoms with Crippen LogP contribution in [0.15, 0.2) is 30.7 Å². The quantitative estimate of drug-likeness (QED) is 0.640. The van der Waals surface area contributed by atoms with Crippen molar-refractivity contribution in [3.05, 3.63) is 47.7 Å². The summed E-state index contributed by atoms with van der Waals surface area (Å²) in [5, 5.41) is 11.4. The van der Waals surface area contributed by atoms with E-state index < -0.39 is 0 Å². The van der Waals surface area contributed by atoms with E-state index in [2.05, 4.69) is 38.6 Å². The first-order valence-corrected chi connectivity index (χ1v) is 12.0. The predicted octanol–water partition coefficient (Wildman–Crippen LogP) is 3.36. The zero-order chi connectivity index (χ0) is 22.4. The molecule has 8 heteroatoms. The molecule has 3 aliphatic heterocycles. The van der Waals surface area contributed by atoms with Gasteiger partial charge in [-0.05, 0) is 63.5 Å². The summed E-state index contributed by atoms with van der Waals surface area (Å²) in [5.41, 5.74) is 6.27. The largest absolute Gasteiger partial charge is 0.485 e. The van der Waals surface area contributed by atoms with Crippen LogP contribution in [0.1, 0.15) is 42.1 Å². The lowest BCUT2D eigenvalue weighted by Gasteiger charge is -2.35. The molecule has 0 spiro atoms. The lowest BCUT2D eigenvalue weighted by atomic mass is 9.91. The van der Waals surface area contributed by atoms with Crippen LogP contribution in [0.5, 0.6) is 5.75 Å². The van der Waals surface area contributed by atoms with Crippen LogP contribution in [0.25, 0.3) is 11.1 Å². The minimum absolute atomic E-state index is 0.448. The maximum absolute atomic E-state index is 6.29. The first kappa shape index (κ1) is 20.6. The summed E-state index contributed by atoms with van der Waals surface area (Å²) in [6, 6.07) is 4.92. The van der Waals surface area contributed by atoms with Crippen LogP contribution in [0, 0.1) is 6.92 Å². The number of hydrogen-bond acceptors (Lipinski definition) is 7. The van der Waals surface area contributed by atoms with Gasteiger partial charge >= 0.3 is 0 Å². The fourth-order valence-electron chi connectivity index (χ4n) is 5.53. The molecule has 172 valence electrons. The van der Waals surface area contributed by atoms with Crippen molar-refractivity contribution in [2.24, 2.45) is 7.05 Å². The number of anilines is 2. The molecule has 6 heterocycles. The second kappa shape index (κ2) is 8.43.